The second-order valence-corrected chi connectivity index (χ2v) is 4.69. The van der Waals surface area contributed by atoms with Crippen LogP contribution in [0.5, 0.6) is 0 Å². The Morgan fingerprint density at radius 2 is 2.32 bits per heavy atom. The van der Waals surface area contributed by atoms with E-state index in [1.54, 1.807) is 6.07 Å². The fourth-order valence-electron chi connectivity index (χ4n) is 2.29. The van der Waals surface area contributed by atoms with Crippen molar-refractivity contribution in [2.75, 3.05) is 18.4 Å². The van der Waals surface area contributed by atoms with E-state index >= 15 is 0 Å². The third kappa shape index (κ3) is 2.59. The van der Waals surface area contributed by atoms with Crippen LogP contribution in [-0.2, 0) is 0 Å². The molecule has 96 valence electrons. The number of benzene rings is 1. The van der Waals surface area contributed by atoms with Crippen molar-refractivity contribution < 1.29 is 0 Å². The first-order valence-corrected chi connectivity index (χ1v) is 6.38. The predicted molar refractivity (Wildman–Crippen MR) is 73.6 cm³/mol. The lowest BCUT2D eigenvalue weighted by Crippen LogP contribution is -2.22. The molecule has 1 aromatic carbocycles. The van der Waals surface area contributed by atoms with E-state index in [1.165, 1.54) is 0 Å². The van der Waals surface area contributed by atoms with Crippen molar-refractivity contribution in [2.45, 2.75) is 12.5 Å². The van der Waals surface area contributed by atoms with Gasteiger partial charge in [-0.2, -0.15) is 10.4 Å². The maximum absolute atomic E-state index is 8.91. The molecule has 0 spiro atoms. The fraction of sp³-hybridized carbons (Fsp3) is 0.286. The van der Waals surface area contributed by atoms with Crippen LogP contribution in [0.25, 0.3) is 11.3 Å². The lowest BCUT2D eigenvalue weighted by Gasteiger charge is -2.08. The van der Waals surface area contributed by atoms with Gasteiger partial charge in [0.2, 0.25) is 0 Å². The lowest BCUT2D eigenvalue weighted by molar-refractivity contribution is 0.786. The van der Waals surface area contributed by atoms with Crippen LogP contribution < -0.4 is 10.6 Å². The highest BCUT2D eigenvalue weighted by atomic mass is 15.2. The first-order chi connectivity index (χ1) is 9.35. The van der Waals surface area contributed by atoms with Gasteiger partial charge in [0.1, 0.15) is 5.82 Å². The number of aromatic nitrogens is 2. The van der Waals surface area contributed by atoms with Crippen molar-refractivity contribution in [3.63, 3.8) is 0 Å². The van der Waals surface area contributed by atoms with E-state index in [2.05, 4.69) is 26.9 Å². The van der Waals surface area contributed by atoms with Crippen molar-refractivity contribution in [1.29, 1.82) is 5.26 Å². The molecule has 19 heavy (non-hydrogen) atoms. The van der Waals surface area contributed by atoms with E-state index in [1.807, 2.05) is 24.3 Å². The standard InChI is InChI=1S/C14H15N5/c15-8-10-2-1-3-11(6-10)13-7-14(19-18-13)17-12-4-5-16-9-12/h1-3,6-7,12,16H,4-5,9H2,(H2,17,18,19). The zero-order valence-corrected chi connectivity index (χ0v) is 10.5. The van der Waals surface area contributed by atoms with Crippen molar-refractivity contribution in [3.05, 3.63) is 35.9 Å². The Bertz CT molecular complexity index is 604. The van der Waals surface area contributed by atoms with Crippen LogP contribution >= 0.6 is 0 Å². The highest BCUT2D eigenvalue weighted by molar-refractivity contribution is 5.64. The average molecular weight is 253 g/mol. The van der Waals surface area contributed by atoms with Gasteiger partial charge in [0.25, 0.3) is 0 Å². The number of nitriles is 1. The number of rotatable bonds is 3. The van der Waals surface area contributed by atoms with Gasteiger partial charge in [-0.15, -0.1) is 0 Å². The fourth-order valence-corrected chi connectivity index (χ4v) is 2.29. The summed E-state index contributed by atoms with van der Waals surface area (Å²) < 4.78 is 0. The Morgan fingerprint density at radius 3 is 3.11 bits per heavy atom. The molecule has 1 aliphatic heterocycles. The summed E-state index contributed by atoms with van der Waals surface area (Å²) in [6.07, 6.45) is 1.12. The molecule has 0 bridgehead atoms. The SMILES string of the molecule is N#Cc1cccc(-c2cc(NC3CCNC3)n[nH]2)c1. The summed E-state index contributed by atoms with van der Waals surface area (Å²) in [4.78, 5) is 0. The molecule has 0 saturated carbocycles. The monoisotopic (exact) mass is 253 g/mol. The molecular formula is C14H15N5. The lowest BCUT2D eigenvalue weighted by atomic mass is 10.1. The number of anilines is 1. The molecule has 5 nitrogen and oxygen atoms in total. The van der Waals surface area contributed by atoms with E-state index in [4.69, 9.17) is 5.26 Å². The molecule has 1 atom stereocenters. The van der Waals surface area contributed by atoms with Gasteiger partial charge in [0.15, 0.2) is 0 Å². The molecule has 1 unspecified atom stereocenters. The maximum Gasteiger partial charge on any atom is 0.148 e. The molecular weight excluding hydrogens is 238 g/mol. The van der Waals surface area contributed by atoms with Crippen LogP contribution in [-0.4, -0.2) is 29.3 Å². The highest BCUT2D eigenvalue weighted by Gasteiger charge is 2.15. The highest BCUT2D eigenvalue weighted by Crippen LogP contribution is 2.21. The van der Waals surface area contributed by atoms with E-state index in [0.717, 1.165) is 36.6 Å². The van der Waals surface area contributed by atoms with Gasteiger partial charge in [-0.05, 0) is 25.1 Å². The number of aromatic amines is 1. The third-order valence-electron chi connectivity index (χ3n) is 3.29. The molecule has 0 radical (unpaired) electrons. The molecule has 1 aliphatic rings. The smallest absolute Gasteiger partial charge is 0.148 e. The van der Waals surface area contributed by atoms with Gasteiger partial charge in [-0.3, -0.25) is 5.10 Å². The first-order valence-electron chi connectivity index (χ1n) is 6.38. The van der Waals surface area contributed by atoms with Crippen LogP contribution in [0, 0.1) is 11.3 Å². The Balaban J connectivity index is 1.78. The average Bonchev–Trinajstić information content (AvgIpc) is 3.11. The molecule has 0 aliphatic carbocycles. The quantitative estimate of drug-likeness (QED) is 0.778. The zero-order valence-electron chi connectivity index (χ0n) is 10.5. The number of H-pyrrole nitrogens is 1. The minimum Gasteiger partial charge on any atom is -0.365 e. The Morgan fingerprint density at radius 1 is 1.37 bits per heavy atom. The largest absolute Gasteiger partial charge is 0.365 e. The minimum absolute atomic E-state index is 0.446. The summed E-state index contributed by atoms with van der Waals surface area (Å²) in [5, 5.41) is 22.9. The van der Waals surface area contributed by atoms with E-state index in [-0.39, 0.29) is 0 Å². The summed E-state index contributed by atoms with van der Waals surface area (Å²) in [6, 6.07) is 12.1. The molecule has 2 aromatic rings. The number of nitrogens with zero attached hydrogens (tertiary/aromatic N) is 2. The van der Waals surface area contributed by atoms with Gasteiger partial charge in [-0.1, -0.05) is 12.1 Å². The summed E-state index contributed by atoms with van der Waals surface area (Å²) in [7, 11) is 0. The number of hydrogen-bond donors (Lipinski definition) is 3. The van der Waals surface area contributed by atoms with Crippen LogP contribution in [0.1, 0.15) is 12.0 Å². The van der Waals surface area contributed by atoms with Gasteiger partial charge in [0, 0.05) is 24.2 Å². The second kappa shape index (κ2) is 5.12. The molecule has 3 N–H and O–H groups in total. The Hall–Kier alpha value is -2.32. The van der Waals surface area contributed by atoms with E-state index < -0.39 is 0 Å². The molecule has 1 fully saturated rings. The molecule has 2 heterocycles. The van der Waals surface area contributed by atoms with Crippen molar-refractivity contribution in [1.82, 2.24) is 15.5 Å². The van der Waals surface area contributed by atoms with Crippen molar-refractivity contribution in [3.8, 4) is 17.3 Å². The van der Waals surface area contributed by atoms with Crippen LogP contribution in [0.2, 0.25) is 0 Å². The van der Waals surface area contributed by atoms with E-state index in [9.17, 15) is 0 Å². The number of hydrogen-bond acceptors (Lipinski definition) is 4. The third-order valence-corrected chi connectivity index (χ3v) is 3.29. The molecule has 1 aromatic heterocycles. The van der Waals surface area contributed by atoms with Gasteiger partial charge in [-0.25, -0.2) is 0 Å². The summed E-state index contributed by atoms with van der Waals surface area (Å²) >= 11 is 0. The second-order valence-electron chi connectivity index (χ2n) is 4.69. The zero-order chi connectivity index (χ0) is 13.1. The van der Waals surface area contributed by atoms with E-state index in [0.29, 0.717) is 11.6 Å². The number of nitrogens with one attached hydrogen (secondary N) is 3. The maximum atomic E-state index is 8.91. The summed E-state index contributed by atoms with van der Waals surface area (Å²) in [5.74, 6) is 0.853. The van der Waals surface area contributed by atoms with Crippen LogP contribution in [0.4, 0.5) is 5.82 Å². The summed E-state index contributed by atoms with van der Waals surface area (Å²) in [6.45, 7) is 2.03. The van der Waals surface area contributed by atoms with Crippen LogP contribution in [0.15, 0.2) is 30.3 Å². The predicted octanol–water partition coefficient (Wildman–Crippen LogP) is 1.72. The molecule has 3 rings (SSSR count). The topological polar surface area (TPSA) is 76.5 Å². The Labute approximate surface area is 111 Å². The molecule has 1 saturated heterocycles. The van der Waals surface area contributed by atoms with Gasteiger partial charge < -0.3 is 10.6 Å². The normalized spacial score (nSPS) is 18.2. The van der Waals surface area contributed by atoms with Crippen molar-refractivity contribution in [2.24, 2.45) is 0 Å². The molecule has 5 heteroatoms. The minimum atomic E-state index is 0.446. The summed E-state index contributed by atoms with van der Waals surface area (Å²) in [5.41, 5.74) is 2.55. The van der Waals surface area contributed by atoms with Gasteiger partial charge >= 0.3 is 0 Å². The first kappa shape index (κ1) is 11.8. The molecule has 0 amide bonds. The Kier molecular flexibility index (Phi) is 3.17. The van der Waals surface area contributed by atoms with Crippen LogP contribution in [0.3, 0.4) is 0 Å². The van der Waals surface area contributed by atoms with Crippen molar-refractivity contribution >= 4 is 5.82 Å². The van der Waals surface area contributed by atoms with Gasteiger partial charge in [0.05, 0.1) is 17.3 Å².